The number of carbonyl (C=O) groups is 1. The van der Waals surface area contributed by atoms with Crippen LogP contribution in [0.2, 0.25) is 0 Å². The summed E-state index contributed by atoms with van der Waals surface area (Å²) in [6.45, 7) is 8.47. The topological polar surface area (TPSA) is 72.9 Å². The highest BCUT2D eigenvalue weighted by molar-refractivity contribution is 5.76. The molecule has 1 atom stereocenters. The number of nitrogens with zero attached hydrogens (tertiary/aromatic N) is 2. The van der Waals surface area contributed by atoms with Crippen LogP contribution in [0, 0.1) is 19.3 Å². The molecule has 0 radical (unpaired) electrons. The summed E-state index contributed by atoms with van der Waals surface area (Å²) in [4.78, 5) is 12.2. The van der Waals surface area contributed by atoms with Crippen molar-refractivity contribution >= 4 is 11.6 Å². The maximum absolute atomic E-state index is 12.2. The average Bonchev–Trinajstić information content (AvgIpc) is 2.60. The molecule has 1 aliphatic carbocycles. The molecule has 0 spiro atoms. The Morgan fingerprint density at radius 3 is 2.70 bits per heavy atom. The van der Waals surface area contributed by atoms with Gasteiger partial charge in [0.1, 0.15) is 6.54 Å². The summed E-state index contributed by atoms with van der Waals surface area (Å²) in [5, 5.41) is 7.48. The van der Waals surface area contributed by atoms with Crippen molar-refractivity contribution in [3.05, 3.63) is 11.4 Å². The molecule has 1 heterocycles. The van der Waals surface area contributed by atoms with Crippen LogP contribution >= 0.6 is 0 Å². The predicted octanol–water partition coefficient (Wildman–Crippen LogP) is 2.17. The van der Waals surface area contributed by atoms with Gasteiger partial charge in [-0.25, -0.2) is 0 Å². The van der Waals surface area contributed by atoms with Crippen LogP contribution in [0.5, 0.6) is 0 Å². The van der Waals surface area contributed by atoms with E-state index in [4.69, 9.17) is 5.73 Å². The summed E-state index contributed by atoms with van der Waals surface area (Å²) in [7, 11) is 0. The summed E-state index contributed by atoms with van der Waals surface area (Å²) in [5.74, 6) is 0.0237. The average molecular weight is 278 g/mol. The summed E-state index contributed by atoms with van der Waals surface area (Å²) in [6.07, 6.45) is 4.69. The molecule has 2 rings (SSSR count). The molecule has 0 aliphatic heterocycles. The molecule has 5 heteroatoms. The Kier molecular flexibility index (Phi) is 4.06. The van der Waals surface area contributed by atoms with Gasteiger partial charge in [-0.2, -0.15) is 5.10 Å². The van der Waals surface area contributed by atoms with Gasteiger partial charge in [0.2, 0.25) is 5.91 Å². The number of hydrogen-bond acceptors (Lipinski definition) is 3. The molecule has 20 heavy (non-hydrogen) atoms. The molecule has 1 saturated carbocycles. The van der Waals surface area contributed by atoms with Crippen molar-refractivity contribution < 1.29 is 4.79 Å². The molecule has 5 nitrogen and oxygen atoms in total. The lowest BCUT2D eigenvalue weighted by molar-refractivity contribution is -0.123. The lowest BCUT2D eigenvalue weighted by atomic mass is 9.73. The number of aromatic nitrogens is 2. The smallest absolute Gasteiger partial charge is 0.241 e. The number of nitrogens with two attached hydrogens (primary N) is 1. The maximum atomic E-state index is 12.2. The van der Waals surface area contributed by atoms with Crippen molar-refractivity contribution in [1.82, 2.24) is 15.1 Å². The van der Waals surface area contributed by atoms with E-state index in [1.165, 1.54) is 19.3 Å². The number of hydrogen-bond donors (Lipinski definition) is 2. The van der Waals surface area contributed by atoms with Crippen LogP contribution in [-0.4, -0.2) is 21.7 Å². The zero-order valence-electron chi connectivity index (χ0n) is 13.0. The molecule has 1 aromatic heterocycles. The van der Waals surface area contributed by atoms with Gasteiger partial charge in [0.25, 0.3) is 0 Å². The summed E-state index contributed by atoms with van der Waals surface area (Å²) in [6, 6.07) is 0.262. The third-order valence-corrected chi connectivity index (χ3v) is 4.57. The first-order valence-electron chi connectivity index (χ1n) is 7.40. The summed E-state index contributed by atoms with van der Waals surface area (Å²) >= 11 is 0. The molecule has 1 unspecified atom stereocenters. The Hall–Kier alpha value is -1.52. The molecule has 1 fully saturated rings. The molecule has 112 valence electrons. The first-order valence-corrected chi connectivity index (χ1v) is 7.40. The minimum absolute atomic E-state index is 0.0237. The van der Waals surface area contributed by atoms with Gasteiger partial charge in [0, 0.05) is 6.04 Å². The minimum atomic E-state index is 0.0237. The van der Waals surface area contributed by atoms with Crippen LogP contribution < -0.4 is 11.1 Å². The largest absolute Gasteiger partial charge is 0.396 e. The molecule has 1 amide bonds. The number of rotatable bonds is 3. The molecule has 0 saturated heterocycles. The number of aryl methyl sites for hydroxylation is 1. The Bertz CT molecular complexity index is 504. The van der Waals surface area contributed by atoms with Crippen LogP contribution in [-0.2, 0) is 11.3 Å². The maximum Gasteiger partial charge on any atom is 0.241 e. The van der Waals surface area contributed by atoms with E-state index in [1.54, 1.807) is 4.68 Å². The van der Waals surface area contributed by atoms with E-state index in [0.717, 1.165) is 17.8 Å². The standard InChI is InChI=1S/C15H26N4O/c1-10-14(16)11(2)19(18-10)9-13(20)17-12-7-5-6-8-15(12,3)4/h12H,5-9,16H2,1-4H3,(H,17,20). The fourth-order valence-electron chi connectivity index (χ4n) is 3.00. The Labute approximate surface area is 120 Å². The van der Waals surface area contributed by atoms with Gasteiger partial charge in [-0.05, 0) is 32.1 Å². The highest BCUT2D eigenvalue weighted by atomic mass is 16.2. The number of amides is 1. The minimum Gasteiger partial charge on any atom is -0.396 e. The Balaban J connectivity index is 2.00. The second-order valence-electron chi connectivity index (χ2n) is 6.60. The van der Waals surface area contributed by atoms with E-state index in [2.05, 4.69) is 24.3 Å². The SMILES string of the molecule is Cc1nn(CC(=O)NC2CCCCC2(C)C)c(C)c1N. The second kappa shape index (κ2) is 5.46. The molecular weight excluding hydrogens is 252 g/mol. The van der Waals surface area contributed by atoms with Gasteiger partial charge in [-0.1, -0.05) is 26.7 Å². The third-order valence-electron chi connectivity index (χ3n) is 4.57. The lowest BCUT2D eigenvalue weighted by Gasteiger charge is -2.39. The number of anilines is 1. The fourth-order valence-corrected chi connectivity index (χ4v) is 3.00. The van der Waals surface area contributed by atoms with E-state index >= 15 is 0 Å². The normalized spacial score (nSPS) is 21.7. The molecule has 1 aromatic rings. The lowest BCUT2D eigenvalue weighted by Crippen LogP contribution is -2.47. The van der Waals surface area contributed by atoms with Crippen LogP contribution in [0.4, 0.5) is 5.69 Å². The zero-order chi connectivity index (χ0) is 14.9. The van der Waals surface area contributed by atoms with Crippen LogP contribution in [0.15, 0.2) is 0 Å². The highest BCUT2D eigenvalue weighted by Crippen LogP contribution is 2.35. The summed E-state index contributed by atoms with van der Waals surface area (Å²) in [5.41, 5.74) is 8.40. The van der Waals surface area contributed by atoms with Crippen molar-refractivity contribution in [3.8, 4) is 0 Å². The Morgan fingerprint density at radius 1 is 1.45 bits per heavy atom. The number of nitrogens with one attached hydrogen (secondary N) is 1. The van der Waals surface area contributed by atoms with E-state index in [9.17, 15) is 4.79 Å². The van der Waals surface area contributed by atoms with Crippen molar-refractivity contribution in [3.63, 3.8) is 0 Å². The first-order chi connectivity index (χ1) is 9.31. The van der Waals surface area contributed by atoms with Gasteiger partial charge in [0.15, 0.2) is 0 Å². The number of nitrogen functional groups attached to an aromatic ring is 1. The first kappa shape index (κ1) is 14.9. The van der Waals surface area contributed by atoms with Gasteiger partial charge >= 0.3 is 0 Å². The molecular formula is C15H26N4O. The van der Waals surface area contributed by atoms with Crippen LogP contribution in [0.3, 0.4) is 0 Å². The predicted molar refractivity (Wildman–Crippen MR) is 80.3 cm³/mol. The highest BCUT2D eigenvalue weighted by Gasteiger charge is 2.33. The molecule has 0 aromatic carbocycles. The molecule has 0 bridgehead atoms. The summed E-state index contributed by atoms with van der Waals surface area (Å²) < 4.78 is 1.69. The van der Waals surface area contributed by atoms with Gasteiger partial charge < -0.3 is 11.1 Å². The fraction of sp³-hybridized carbons (Fsp3) is 0.733. The third kappa shape index (κ3) is 2.97. The van der Waals surface area contributed by atoms with E-state index in [1.807, 2.05) is 13.8 Å². The van der Waals surface area contributed by atoms with Crippen molar-refractivity contribution in [2.75, 3.05) is 5.73 Å². The van der Waals surface area contributed by atoms with Crippen LogP contribution in [0.25, 0.3) is 0 Å². The van der Waals surface area contributed by atoms with E-state index < -0.39 is 0 Å². The van der Waals surface area contributed by atoms with Crippen molar-refractivity contribution in [1.29, 1.82) is 0 Å². The molecule has 1 aliphatic rings. The van der Waals surface area contributed by atoms with Gasteiger partial charge in [-0.15, -0.1) is 0 Å². The van der Waals surface area contributed by atoms with E-state index in [-0.39, 0.29) is 23.9 Å². The zero-order valence-corrected chi connectivity index (χ0v) is 13.0. The van der Waals surface area contributed by atoms with Crippen molar-refractivity contribution in [2.24, 2.45) is 5.41 Å². The Morgan fingerprint density at radius 2 is 2.15 bits per heavy atom. The monoisotopic (exact) mass is 278 g/mol. The van der Waals surface area contributed by atoms with Gasteiger partial charge in [-0.3, -0.25) is 9.48 Å². The second-order valence-corrected chi connectivity index (χ2v) is 6.60. The van der Waals surface area contributed by atoms with Gasteiger partial charge in [0.05, 0.1) is 17.1 Å². The van der Waals surface area contributed by atoms with Crippen molar-refractivity contribution in [2.45, 2.75) is 66.0 Å². The quantitative estimate of drug-likeness (QED) is 0.890. The van der Waals surface area contributed by atoms with Crippen LogP contribution in [0.1, 0.15) is 50.9 Å². The van der Waals surface area contributed by atoms with E-state index in [0.29, 0.717) is 5.69 Å². The number of carbonyl (C=O) groups excluding carboxylic acids is 1. The molecule has 3 N–H and O–H groups in total.